The predicted molar refractivity (Wildman–Crippen MR) is 280 cm³/mol. The Labute approximate surface area is 425 Å². The topological polar surface area (TPSA) is 38.9 Å². The van der Waals surface area contributed by atoms with E-state index in [9.17, 15) is 21.9 Å². The van der Waals surface area contributed by atoms with E-state index in [1.54, 1.807) is 54.7 Å². The summed E-state index contributed by atoms with van der Waals surface area (Å²) in [6.45, 7) is 0. The lowest BCUT2D eigenvalue weighted by Gasteiger charge is -2.17. The molecule has 3 heterocycles. The Hall–Kier alpha value is -8.92. The van der Waals surface area contributed by atoms with Crippen molar-refractivity contribution in [2.45, 2.75) is 0 Å². The van der Waals surface area contributed by atoms with Crippen molar-refractivity contribution in [3.63, 3.8) is 0 Å². The first kappa shape index (κ1) is 20.1. The number of fused-ring (bicyclic) bond motifs is 6. The maximum atomic E-state index is 10.4. The van der Waals surface area contributed by atoms with Crippen molar-refractivity contribution in [2.24, 2.45) is 0 Å². The molecule has 10 aromatic carbocycles. The van der Waals surface area contributed by atoms with Crippen LogP contribution in [0.3, 0.4) is 0 Å². The van der Waals surface area contributed by atoms with Gasteiger partial charge in [0, 0.05) is 44.8 Å². The molecule has 0 aliphatic heterocycles. The summed E-state index contributed by atoms with van der Waals surface area (Å²) in [6.07, 6.45) is 1.65. The second kappa shape index (κ2) is 16.0. The molecule has 0 aliphatic rings. The molecular weight excluding hydrogens is 813 g/mol. The summed E-state index contributed by atoms with van der Waals surface area (Å²) in [5.74, 6) is -2.00. The maximum Gasteiger partial charge on any atom is 0.144 e. The molecular formula is C64H40N2O. The standard InChI is InChI=1S/C64H40N2O/c1-4-18-41(19-5-1)57-52-29-12-14-31-54(52)60(55-32-15-13-30-53(55)57)64-59(43-22-8-3-9-23-43)58(42-20-6-2-7-21-42)63(67-64)47-25-16-24-46(40-47)48-36-37-51(50-28-11-10-27-49(48)50)56-38-35-45-34-33-44-26-17-39-65-61(44)62(45)66-56/h1-40H/i1D,2D,3D,4D,5D,6D,7D,8D,9D,12D,13D,14D,15D,16D,18D,19D,20D,21D,22D,23D,24D,25D,29D,30D,31D,32D,40D. The van der Waals surface area contributed by atoms with E-state index in [1.807, 2.05) is 24.3 Å². The van der Waals surface area contributed by atoms with Gasteiger partial charge >= 0.3 is 0 Å². The molecule has 0 bridgehead atoms. The molecule has 13 rings (SSSR count). The Morgan fingerprint density at radius 3 is 1.48 bits per heavy atom. The molecule has 0 radical (unpaired) electrons. The quantitative estimate of drug-likeness (QED) is 0.118. The molecule has 3 aromatic heterocycles. The molecule has 3 heteroatoms. The Bertz CT molecular complexity index is 5500. The fraction of sp³-hybridized carbons (Fsp3) is 0. The lowest BCUT2D eigenvalue weighted by atomic mass is 9.85. The average Bonchev–Trinajstić information content (AvgIpc) is 1.23. The van der Waals surface area contributed by atoms with Crippen LogP contribution in [0.4, 0.5) is 0 Å². The highest BCUT2D eigenvalue weighted by Gasteiger charge is 2.29. The molecule has 312 valence electrons. The molecule has 0 aliphatic carbocycles. The monoisotopic (exact) mass is 879 g/mol. The summed E-state index contributed by atoms with van der Waals surface area (Å²) < 4.78 is 258. The number of furan rings is 1. The molecule has 0 saturated carbocycles. The van der Waals surface area contributed by atoms with E-state index < -0.39 is 241 Å². The molecule has 0 spiro atoms. The Balaban J connectivity index is 1.27. The van der Waals surface area contributed by atoms with Gasteiger partial charge in [0.15, 0.2) is 0 Å². The smallest absolute Gasteiger partial charge is 0.144 e. The molecule has 0 unspecified atom stereocenters. The van der Waals surface area contributed by atoms with E-state index in [0.717, 1.165) is 10.8 Å². The number of aromatic nitrogens is 2. The molecule has 0 amide bonds. The highest BCUT2D eigenvalue weighted by atomic mass is 16.3. The molecule has 0 fully saturated rings. The van der Waals surface area contributed by atoms with Gasteiger partial charge in [-0.1, -0.05) is 218 Å². The zero-order valence-corrected chi connectivity index (χ0v) is 34.3. The summed E-state index contributed by atoms with van der Waals surface area (Å²) in [6, 6.07) is -6.22. The van der Waals surface area contributed by atoms with Crippen LogP contribution in [0.1, 0.15) is 37.0 Å². The fourth-order valence-electron chi connectivity index (χ4n) is 8.69. The van der Waals surface area contributed by atoms with E-state index in [4.69, 9.17) is 24.5 Å². The number of nitrogens with zero attached hydrogens (tertiary/aromatic N) is 2. The normalized spacial score (nSPS) is 17.2. The van der Waals surface area contributed by atoms with Crippen LogP contribution in [-0.4, -0.2) is 9.97 Å². The number of pyridine rings is 2. The van der Waals surface area contributed by atoms with Crippen LogP contribution >= 0.6 is 0 Å². The van der Waals surface area contributed by atoms with Crippen molar-refractivity contribution in [1.29, 1.82) is 0 Å². The van der Waals surface area contributed by atoms with Crippen molar-refractivity contribution in [3.05, 3.63) is 242 Å². The van der Waals surface area contributed by atoms with Crippen LogP contribution in [0.2, 0.25) is 0 Å². The Kier molecular flexibility index (Phi) is 4.78. The molecule has 0 saturated heterocycles. The fourth-order valence-corrected chi connectivity index (χ4v) is 8.69. The molecule has 0 N–H and O–H groups in total. The highest BCUT2D eigenvalue weighted by Crippen LogP contribution is 2.53. The van der Waals surface area contributed by atoms with Crippen molar-refractivity contribution >= 4 is 54.1 Å². The number of hydrogen-bond donors (Lipinski definition) is 0. The van der Waals surface area contributed by atoms with Crippen LogP contribution in [-0.2, 0) is 0 Å². The predicted octanol–water partition coefficient (Wildman–Crippen LogP) is 17.5. The summed E-state index contributed by atoms with van der Waals surface area (Å²) in [4.78, 5) is 9.65. The van der Waals surface area contributed by atoms with Gasteiger partial charge in [0.05, 0.1) is 53.7 Å². The Morgan fingerprint density at radius 2 is 0.836 bits per heavy atom. The SMILES string of the molecule is [2H]c1c([2H])c([2H])c(-c2c(-c3c([2H])c([2H])c([2H])c(-c4ccc(-c5ccc6ccc7cccnc7c6n5)c5ccccc45)c3[2H])oc(-c3c4c([2H])c([2H])c([2H])c([2H])c4c(-c4c([2H])c([2H])c([2H])c([2H])c4[2H])c4c([2H])c([2H])c([2H])c([2H])c34)c2-c2c([2H])c([2H])c([2H])c([2H])c2[2H])c([2H])c1[2H]. The van der Waals surface area contributed by atoms with Gasteiger partial charge in [-0.2, -0.15) is 0 Å². The van der Waals surface area contributed by atoms with E-state index in [1.165, 1.54) is 0 Å². The summed E-state index contributed by atoms with van der Waals surface area (Å²) in [5.41, 5.74) is -5.01. The van der Waals surface area contributed by atoms with E-state index in [0.29, 0.717) is 33.1 Å². The van der Waals surface area contributed by atoms with Crippen molar-refractivity contribution in [2.75, 3.05) is 0 Å². The second-order valence-electron chi connectivity index (χ2n) is 15.1. The summed E-state index contributed by atoms with van der Waals surface area (Å²) >= 11 is 0. The van der Waals surface area contributed by atoms with Gasteiger partial charge in [0.25, 0.3) is 0 Å². The van der Waals surface area contributed by atoms with Gasteiger partial charge in [-0.15, -0.1) is 0 Å². The average molecular weight is 880 g/mol. The van der Waals surface area contributed by atoms with Crippen LogP contribution in [0, 0.1) is 0 Å². The molecule has 0 atom stereocenters. The number of rotatable bonds is 7. The van der Waals surface area contributed by atoms with Crippen LogP contribution in [0.15, 0.2) is 247 Å². The second-order valence-corrected chi connectivity index (χ2v) is 15.1. The summed E-state index contributed by atoms with van der Waals surface area (Å²) in [5, 5.41) is -0.811. The minimum absolute atomic E-state index is 0.0891. The van der Waals surface area contributed by atoms with Gasteiger partial charge in [-0.05, 0) is 83.9 Å². The molecule has 67 heavy (non-hydrogen) atoms. The largest absolute Gasteiger partial charge is 0.455 e. The Morgan fingerprint density at radius 1 is 0.343 bits per heavy atom. The first-order valence-corrected chi connectivity index (χ1v) is 20.6. The van der Waals surface area contributed by atoms with E-state index in [-0.39, 0.29) is 11.1 Å². The minimum atomic E-state index is -1.11. The third-order valence-corrected chi connectivity index (χ3v) is 11.5. The van der Waals surface area contributed by atoms with Gasteiger partial charge in [0.2, 0.25) is 0 Å². The minimum Gasteiger partial charge on any atom is -0.455 e. The first-order chi connectivity index (χ1) is 44.5. The van der Waals surface area contributed by atoms with Crippen LogP contribution in [0.5, 0.6) is 0 Å². The van der Waals surface area contributed by atoms with Crippen molar-refractivity contribution in [1.82, 2.24) is 9.97 Å². The van der Waals surface area contributed by atoms with Crippen LogP contribution < -0.4 is 0 Å². The van der Waals surface area contributed by atoms with Crippen molar-refractivity contribution < 1.29 is 41.4 Å². The maximum absolute atomic E-state index is 10.4. The van der Waals surface area contributed by atoms with Gasteiger partial charge in [-0.3, -0.25) is 4.98 Å². The van der Waals surface area contributed by atoms with Crippen molar-refractivity contribution in [3.8, 4) is 78.4 Å². The zero-order chi connectivity index (χ0) is 67.8. The molecule has 3 nitrogen and oxygen atoms in total. The van der Waals surface area contributed by atoms with Gasteiger partial charge in [0.1, 0.15) is 11.5 Å². The summed E-state index contributed by atoms with van der Waals surface area (Å²) in [7, 11) is 0. The van der Waals surface area contributed by atoms with Gasteiger partial charge < -0.3 is 4.42 Å². The zero-order valence-electron chi connectivity index (χ0n) is 61.3. The third kappa shape index (κ3) is 6.43. The van der Waals surface area contributed by atoms with E-state index in [2.05, 4.69) is 4.98 Å². The van der Waals surface area contributed by atoms with E-state index >= 15 is 0 Å². The number of hydrogen-bond acceptors (Lipinski definition) is 3. The lowest BCUT2D eigenvalue weighted by Crippen LogP contribution is -1.91. The highest BCUT2D eigenvalue weighted by molar-refractivity contribution is 6.23. The van der Waals surface area contributed by atoms with Crippen LogP contribution in [0.25, 0.3) is 133 Å². The lowest BCUT2D eigenvalue weighted by molar-refractivity contribution is 0.600. The first-order valence-electron chi connectivity index (χ1n) is 34.1. The third-order valence-electron chi connectivity index (χ3n) is 11.5. The number of benzene rings is 10. The van der Waals surface area contributed by atoms with Gasteiger partial charge in [-0.25, -0.2) is 4.98 Å². The molecule has 13 aromatic rings.